The number of rotatable bonds is 8. The van der Waals surface area contributed by atoms with Crippen LogP contribution in [0, 0.1) is 13.8 Å². The van der Waals surface area contributed by atoms with E-state index in [2.05, 4.69) is 53.0 Å². The van der Waals surface area contributed by atoms with E-state index in [0.29, 0.717) is 12.1 Å². The Morgan fingerprint density at radius 2 is 1.59 bits per heavy atom. The molecule has 154 valence electrons. The molecule has 2 aromatic rings. The first-order chi connectivity index (χ1) is 13.9. The number of hydrogen-bond acceptors (Lipinski definition) is 3. The molecule has 7 nitrogen and oxygen atoms in total. The van der Waals surface area contributed by atoms with Crippen molar-refractivity contribution in [3.63, 3.8) is 0 Å². The summed E-state index contributed by atoms with van der Waals surface area (Å²) >= 11 is 0. The van der Waals surface area contributed by atoms with Gasteiger partial charge in [0.1, 0.15) is 0 Å². The molecule has 0 aliphatic rings. The number of benzene rings is 2. The van der Waals surface area contributed by atoms with Crippen LogP contribution in [0.5, 0.6) is 0 Å². The van der Waals surface area contributed by atoms with E-state index in [1.807, 2.05) is 12.1 Å². The minimum atomic E-state index is -0.574. The van der Waals surface area contributed by atoms with E-state index in [-0.39, 0.29) is 12.5 Å². The zero-order chi connectivity index (χ0) is 21.2. The highest BCUT2D eigenvalue weighted by atomic mass is 16.2. The number of aryl methyl sites for hydroxylation is 2. The van der Waals surface area contributed by atoms with Crippen molar-refractivity contribution in [3.05, 3.63) is 70.3 Å². The summed E-state index contributed by atoms with van der Waals surface area (Å²) in [4.78, 5) is 26.9. The van der Waals surface area contributed by atoms with Crippen molar-refractivity contribution in [2.75, 3.05) is 20.1 Å². The van der Waals surface area contributed by atoms with Gasteiger partial charge < -0.3 is 21.7 Å². The highest BCUT2D eigenvalue weighted by Crippen LogP contribution is 2.09. The second kappa shape index (κ2) is 10.8. The van der Waals surface area contributed by atoms with Gasteiger partial charge in [0, 0.05) is 25.7 Å². The first kappa shape index (κ1) is 21.9. The zero-order valence-corrected chi connectivity index (χ0v) is 17.2. The van der Waals surface area contributed by atoms with E-state index in [9.17, 15) is 9.59 Å². The third-order valence-electron chi connectivity index (χ3n) is 4.31. The molecule has 7 heteroatoms. The van der Waals surface area contributed by atoms with Gasteiger partial charge in [0.05, 0.1) is 6.54 Å². The van der Waals surface area contributed by atoms with E-state index < -0.39 is 5.91 Å². The summed E-state index contributed by atoms with van der Waals surface area (Å²) in [5.41, 5.74) is 10.4. The van der Waals surface area contributed by atoms with Gasteiger partial charge in [0.25, 0.3) is 5.91 Å². The molecule has 0 aliphatic heterocycles. The van der Waals surface area contributed by atoms with Gasteiger partial charge in [-0.05, 0) is 43.5 Å². The smallest absolute Gasteiger partial charge is 0.251 e. The highest BCUT2D eigenvalue weighted by molar-refractivity contribution is 5.96. The molecule has 2 rings (SSSR count). The first-order valence-electron chi connectivity index (χ1n) is 9.54. The van der Waals surface area contributed by atoms with Crippen LogP contribution in [-0.2, 0) is 17.8 Å². The molecule has 0 saturated heterocycles. The number of carbonyl (C=O) groups excluding carboxylic acids is 2. The lowest BCUT2D eigenvalue weighted by Crippen LogP contribution is -2.37. The number of nitrogens with zero attached hydrogens (tertiary/aromatic N) is 1. The van der Waals surface area contributed by atoms with E-state index >= 15 is 0 Å². The molecule has 0 fully saturated rings. The molecule has 0 radical (unpaired) electrons. The lowest BCUT2D eigenvalue weighted by molar-refractivity contribution is -0.117. The average molecular weight is 396 g/mol. The van der Waals surface area contributed by atoms with Gasteiger partial charge in [-0.3, -0.25) is 14.6 Å². The minimum Gasteiger partial charge on any atom is -0.368 e. The molecule has 0 aliphatic carbocycles. The molecule has 0 saturated carbocycles. The zero-order valence-electron chi connectivity index (χ0n) is 17.2. The summed E-state index contributed by atoms with van der Waals surface area (Å²) in [7, 11) is 1.73. The van der Waals surface area contributed by atoms with Crippen LogP contribution in [0.25, 0.3) is 0 Å². The van der Waals surface area contributed by atoms with Crippen LogP contribution >= 0.6 is 0 Å². The Labute approximate surface area is 171 Å². The first-order valence-corrected chi connectivity index (χ1v) is 9.54. The molecular weight excluding hydrogens is 366 g/mol. The topological polar surface area (TPSA) is 109 Å². The largest absolute Gasteiger partial charge is 0.368 e. The molecule has 0 spiro atoms. The van der Waals surface area contributed by atoms with Crippen LogP contribution in [-0.4, -0.2) is 37.9 Å². The maximum absolute atomic E-state index is 11.9. The summed E-state index contributed by atoms with van der Waals surface area (Å²) in [6, 6.07) is 13.7. The molecular formula is C22H29N5O2. The average Bonchev–Trinajstić information content (AvgIpc) is 2.68. The van der Waals surface area contributed by atoms with Crippen molar-refractivity contribution in [3.8, 4) is 0 Å². The number of primary amides is 1. The molecule has 0 bridgehead atoms. The minimum absolute atomic E-state index is 0.174. The maximum atomic E-state index is 11.9. The molecule has 0 atom stereocenters. The van der Waals surface area contributed by atoms with E-state index in [4.69, 9.17) is 5.73 Å². The number of hydrogen-bond donors (Lipinski definition) is 4. The van der Waals surface area contributed by atoms with Gasteiger partial charge in [-0.15, -0.1) is 0 Å². The lowest BCUT2D eigenvalue weighted by atomic mass is 10.1. The standard InChI is InChI=1S/C22H29N5O2/c1-15-10-16(2)12-18(11-15)8-9-25-22(24-3)27-13-17-4-6-19(7-5-17)21(29)26-14-20(23)28/h4-7,10-12H,8-9,13-14H2,1-3H3,(H2,23,28)(H,26,29)(H2,24,25,27). The fourth-order valence-corrected chi connectivity index (χ4v) is 2.99. The number of amides is 2. The van der Waals surface area contributed by atoms with E-state index in [1.165, 1.54) is 16.7 Å². The predicted molar refractivity (Wildman–Crippen MR) is 116 cm³/mol. The quantitative estimate of drug-likeness (QED) is 0.400. The van der Waals surface area contributed by atoms with Crippen LogP contribution in [0.15, 0.2) is 47.5 Å². The Bertz CT molecular complexity index is 855. The third-order valence-corrected chi connectivity index (χ3v) is 4.31. The summed E-state index contributed by atoms with van der Waals surface area (Å²) in [6.07, 6.45) is 0.915. The van der Waals surface area contributed by atoms with Crippen LogP contribution in [0.2, 0.25) is 0 Å². The van der Waals surface area contributed by atoms with Crippen molar-refractivity contribution < 1.29 is 9.59 Å². The summed E-state index contributed by atoms with van der Waals surface area (Å²) in [6.45, 7) is 5.40. The predicted octanol–water partition coefficient (Wildman–Crippen LogP) is 1.43. The van der Waals surface area contributed by atoms with Gasteiger partial charge >= 0.3 is 0 Å². The highest BCUT2D eigenvalue weighted by Gasteiger charge is 2.06. The maximum Gasteiger partial charge on any atom is 0.251 e. The normalized spacial score (nSPS) is 11.1. The van der Waals surface area contributed by atoms with Crippen molar-refractivity contribution in [1.82, 2.24) is 16.0 Å². The lowest BCUT2D eigenvalue weighted by Gasteiger charge is -2.13. The molecule has 2 aromatic carbocycles. The number of nitrogens with one attached hydrogen (secondary N) is 3. The van der Waals surface area contributed by atoms with Crippen LogP contribution in [0.3, 0.4) is 0 Å². The van der Waals surface area contributed by atoms with E-state index in [1.54, 1.807) is 19.2 Å². The van der Waals surface area contributed by atoms with Gasteiger partial charge in [-0.25, -0.2) is 0 Å². The molecule has 0 heterocycles. The second-order valence-corrected chi connectivity index (χ2v) is 6.94. The SMILES string of the molecule is CN=C(NCCc1cc(C)cc(C)c1)NCc1ccc(C(=O)NCC(N)=O)cc1. The van der Waals surface area contributed by atoms with Crippen LogP contribution < -0.4 is 21.7 Å². The number of nitrogens with two attached hydrogens (primary N) is 1. The Hall–Kier alpha value is -3.35. The van der Waals surface area contributed by atoms with Crippen molar-refractivity contribution >= 4 is 17.8 Å². The summed E-state index contributed by atoms with van der Waals surface area (Å²) in [5.74, 6) is -0.180. The second-order valence-electron chi connectivity index (χ2n) is 6.94. The molecule has 2 amide bonds. The Morgan fingerprint density at radius 1 is 0.931 bits per heavy atom. The van der Waals surface area contributed by atoms with Gasteiger partial charge in [0.2, 0.25) is 5.91 Å². The molecule has 0 unspecified atom stereocenters. The summed E-state index contributed by atoms with van der Waals surface area (Å²) < 4.78 is 0. The van der Waals surface area contributed by atoms with Gasteiger partial charge in [-0.1, -0.05) is 41.5 Å². The third kappa shape index (κ3) is 7.65. The Morgan fingerprint density at radius 3 is 2.17 bits per heavy atom. The van der Waals surface area contributed by atoms with Crippen LogP contribution in [0.4, 0.5) is 0 Å². The molecule has 5 N–H and O–H groups in total. The molecule has 0 aromatic heterocycles. The van der Waals surface area contributed by atoms with Crippen molar-refractivity contribution in [2.45, 2.75) is 26.8 Å². The monoisotopic (exact) mass is 395 g/mol. The number of carbonyl (C=O) groups is 2. The Kier molecular flexibility index (Phi) is 8.21. The molecule has 29 heavy (non-hydrogen) atoms. The number of guanidine groups is 1. The van der Waals surface area contributed by atoms with Crippen LogP contribution in [0.1, 0.15) is 32.6 Å². The van der Waals surface area contributed by atoms with E-state index in [0.717, 1.165) is 24.5 Å². The fourth-order valence-electron chi connectivity index (χ4n) is 2.99. The van der Waals surface area contributed by atoms with Crippen molar-refractivity contribution in [2.24, 2.45) is 10.7 Å². The van der Waals surface area contributed by atoms with Crippen molar-refractivity contribution in [1.29, 1.82) is 0 Å². The summed E-state index contributed by atoms with van der Waals surface area (Å²) in [5, 5.41) is 9.04. The van der Waals surface area contributed by atoms with Gasteiger partial charge in [-0.2, -0.15) is 0 Å². The fraction of sp³-hybridized carbons (Fsp3) is 0.318. The number of aliphatic imine (C=N–C) groups is 1. The Balaban J connectivity index is 1.79. The van der Waals surface area contributed by atoms with Gasteiger partial charge in [0.15, 0.2) is 5.96 Å².